The quantitative estimate of drug-likeness (QED) is 0.0985. The van der Waals surface area contributed by atoms with Gasteiger partial charge in [0, 0.05) is 62.2 Å². The molecule has 2 amide bonds. The van der Waals surface area contributed by atoms with Gasteiger partial charge in [0.1, 0.15) is 12.1 Å². The zero-order valence-corrected chi connectivity index (χ0v) is 26.8. The molecule has 1 fully saturated rings. The Labute approximate surface area is 268 Å². The van der Waals surface area contributed by atoms with Gasteiger partial charge in [-0.2, -0.15) is 4.31 Å². The number of hydrogen-bond donors (Lipinski definition) is 5. The number of amides is 2. The van der Waals surface area contributed by atoms with E-state index in [1.165, 1.54) is 10.4 Å². The molecule has 1 heterocycles. The minimum atomic E-state index is -4.09. The monoisotopic (exact) mass is 651 g/mol. The Bertz CT molecular complexity index is 1710. The molecular formula is C32H41N7O6S. The van der Waals surface area contributed by atoms with Crippen LogP contribution in [0.25, 0.3) is 10.8 Å². The van der Waals surface area contributed by atoms with Gasteiger partial charge in [0.15, 0.2) is 5.96 Å². The second kappa shape index (κ2) is 15.1. The van der Waals surface area contributed by atoms with Crippen LogP contribution in [0.3, 0.4) is 0 Å². The molecule has 0 spiro atoms. The number of aliphatic carboxylic acids is 1. The van der Waals surface area contributed by atoms with E-state index in [0.29, 0.717) is 48.9 Å². The molecule has 0 aliphatic carbocycles. The Balaban J connectivity index is 1.41. The van der Waals surface area contributed by atoms with Crippen LogP contribution in [0.4, 0.5) is 11.4 Å². The van der Waals surface area contributed by atoms with Crippen LogP contribution in [-0.4, -0.2) is 80.8 Å². The lowest BCUT2D eigenvalue weighted by atomic mass is 10.0. The molecule has 14 heteroatoms. The maximum atomic E-state index is 13.9. The minimum absolute atomic E-state index is 0.0125. The number of unbranched alkanes of at least 4 members (excludes halogenated alkanes) is 1. The fourth-order valence-corrected chi connectivity index (χ4v) is 7.42. The van der Waals surface area contributed by atoms with Crippen LogP contribution in [0.5, 0.6) is 0 Å². The summed E-state index contributed by atoms with van der Waals surface area (Å²) in [6, 6.07) is 14.8. The summed E-state index contributed by atoms with van der Waals surface area (Å²) < 4.78 is 29.1. The fourth-order valence-electron chi connectivity index (χ4n) is 5.55. The van der Waals surface area contributed by atoms with Crippen molar-refractivity contribution in [1.29, 1.82) is 0 Å². The lowest BCUT2D eigenvalue weighted by Crippen LogP contribution is -2.51. The van der Waals surface area contributed by atoms with Crippen molar-refractivity contribution in [2.75, 3.05) is 37.4 Å². The second-order valence-corrected chi connectivity index (χ2v) is 13.3. The van der Waals surface area contributed by atoms with Crippen molar-refractivity contribution in [3.63, 3.8) is 0 Å². The van der Waals surface area contributed by atoms with Gasteiger partial charge in [0.05, 0.1) is 4.90 Å². The third-order valence-corrected chi connectivity index (χ3v) is 9.80. The van der Waals surface area contributed by atoms with E-state index in [0.717, 1.165) is 11.1 Å². The van der Waals surface area contributed by atoms with Crippen LogP contribution in [0.15, 0.2) is 70.6 Å². The number of carbonyl (C=O) groups excluding carboxylic acids is 2. The van der Waals surface area contributed by atoms with Crippen molar-refractivity contribution in [2.45, 2.75) is 55.5 Å². The molecule has 1 aliphatic heterocycles. The van der Waals surface area contributed by atoms with Crippen molar-refractivity contribution < 1.29 is 27.9 Å². The van der Waals surface area contributed by atoms with E-state index in [9.17, 15) is 27.9 Å². The SMILES string of the molecule is CN(C)c1cccc2c(S(=O)(=O)N3CCC[C@H]3C(=O)N[C@@H](Cc3ccc(NC(=O)CCCCN=C(N)N)cc3)C(=O)O)cccc12. The van der Waals surface area contributed by atoms with E-state index in [1.807, 2.05) is 31.1 Å². The number of nitrogens with zero attached hydrogens (tertiary/aromatic N) is 3. The summed E-state index contributed by atoms with van der Waals surface area (Å²) in [5.41, 5.74) is 12.6. The van der Waals surface area contributed by atoms with Crippen LogP contribution in [0, 0.1) is 0 Å². The number of anilines is 2. The van der Waals surface area contributed by atoms with Gasteiger partial charge in [-0.15, -0.1) is 0 Å². The number of guanidine groups is 1. The van der Waals surface area contributed by atoms with Crippen molar-refractivity contribution in [3.05, 3.63) is 66.2 Å². The van der Waals surface area contributed by atoms with Gasteiger partial charge in [-0.25, -0.2) is 13.2 Å². The molecule has 3 aromatic rings. The Kier molecular flexibility index (Phi) is 11.2. The zero-order valence-electron chi connectivity index (χ0n) is 26.0. The van der Waals surface area contributed by atoms with Crippen molar-refractivity contribution in [2.24, 2.45) is 16.5 Å². The number of carboxylic acids is 1. The Morgan fingerprint density at radius 2 is 1.72 bits per heavy atom. The molecule has 13 nitrogen and oxygen atoms in total. The van der Waals surface area contributed by atoms with E-state index < -0.39 is 34.0 Å². The average molecular weight is 652 g/mol. The summed E-state index contributed by atoms with van der Waals surface area (Å²) in [4.78, 5) is 43.7. The maximum Gasteiger partial charge on any atom is 0.326 e. The lowest BCUT2D eigenvalue weighted by molar-refractivity contribution is -0.142. The molecule has 0 bridgehead atoms. The predicted octanol–water partition coefficient (Wildman–Crippen LogP) is 2.25. The van der Waals surface area contributed by atoms with E-state index in [4.69, 9.17) is 11.5 Å². The van der Waals surface area contributed by atoms with Crippen LogP contribution >= 0.6 is 0 Å². The summed E-state index contributed by atoms with van der Waals surface area (Å²) in [6.45, 7) is 0.591. The molecule has 3 aromatic carbocycles. The molecule has 246 valence electrons. The molecule has 1 aliphatic rings. The van der Waals surface area contributed by atoms with Crippen LogP contribution < -0.4 is 27.0 Å². The van der Waals surface area contributed by atoms with E-state index >= 15 is 0 Å². The molecule has 46 heavy (non-hydrogen) atoms. The number of benzene rings is 3. The highest BCUT2D eigenvalue weighted by atomic mass is 32.2. The number of fused-ring (bicyclic) bond motifs is 1. The predicted molar refractivity (Wildman–Crippen MR) is 178 cm³/mol. The molecule has 0 saturated carbocycles. The minimum Gasteiger partial charge on any atom is -0.480 e. The first-order valence-corrected chi connectivity index (χ1v) is 16.5. The van der Waals surface area contributed by atoms with E-state index in [1.54, 1.807) is 42.5 Å². The topological polar surface area (TPSA) is 201 Å². The summed E-state index contributed by atoms with van der Waals surface area (Å²) in [7, 11) is -0.329. The van der Waals surface area contributed by atoms with Gasteiger partial charge in [-0.05, 0) is 55.5 Å². The highest BCUT2D eigenvalue weighted by Gasteiger charge is 2.41. The molecule has 0 radical (unpaired) electrons. The summed E-state index contributed by atoms with van der Waals surface area (Å²) >= 11 is 0. The van der Waals surface area contributed by atoms with Crippen molar-refractivity contribution in [1.82, 2.24) is 9.62 Å². The van der Waals surface area contributed by atoms with Crippen LogP contribution in [0.1, 0.15) is 37.7 Å². The van der Waals surface area contributed by atoms with E-state index in [2.05, 4.69) is 15.6 Å². The van der Waals surface area contributed by atoms with Gasteiger partial charge < -0.3 is 32.1 Å². The first-order valence-electron chi connectivity index (χ1n) is 15.1. The summed E-state index contributed by atoms with van der Waals surface area (Å²) in [5.74, 6) is -2.07. The van der Waals surface area contributed by atoms with Crippen LogP contribution in [0.2, 0.25) is 0 Å². The number of carboxylic acid groups (broad SMARTS) is 1. The largest absolute Gasteiger partial charge is 0.480 e. The van der Waals surface area contributed by atoms with Crippen LogP contribution in [-0.2, 0) is 30.8 Å². The van der Waals surface area contributed by atoms with Gasteiger partial charge in [-0.3, -0.25) is 14.6 Å². The van der Waals surface area contributed by atoms with Crippen molar-refractivity contribution >= 4 is 55.9 Å². The molecule has 2 atom stereocenters. The zero-order chi connectivity index (χ0) is 33.4. The van der Waals surface area contributed by atoms with Gasteiger partial charge in [0.25, 0.3) is 0 Å². The standard InChI is InChI=1S/C32H41N7O6S/c1-38(2)26-10-5-9-24-23(26)8-6-12-28(24)46(44,45)39-19-7-11-27(39)30(41)37-25(31(42)43)20-21-14-16-22(17-15-21)36-29(40)13-3-4-18-35-32(33)34/h5-6,8-10,12,14-17,25,27H,3-4,7,11,13,18-20H2,1-2H3,(H,36,40)(H,37,41)(H,42,43)(H4,33,34,35)/t25-,27-/m0/s1. The third kappa shape index (κ3) is 8.31. The normalized spacial score (nSPS) is 15.7. The number of hydrogen-bond acceptors (Lipinski definition) is 7. The Hall–Kier alpha value is -4.69. The van der Waals surface area contributed by atoms with E-state index in [-0.39, 0.29) is 36.1 Å². The highest BCUT2D eigenvalue weighted by Crippen LogP contribution is 2.34. The number of nitrogens with one attached hydrogen (secondary N) is 2. The molecule has 7 N–H and O–H groups in total. The van der Waals surface area contributed by atoms with Gasteiger partial charge >= 0.3 is 5.97 Å². The summed E-state index contributed by atoms with van der Waals surface area (Å²) in [6.07, 6.45) is 2.27. The smallest absolute Gasteiger partial charge is 0.326 e. The number of carbonyl (C=O) groups is 3. The molecule has 4 rings (SSSR count). The number of rotatable bonds is 14. The molecule has 0 unspecified atom stereocenters. The number of sulfonamides is 1. The number of nitrogens with two attached hydrogens (primary N) is 2. The Morgan fingerprint density at radius 3 is 2.39 bits per heavy atom. The highest BCUT2D eigenvalue weighted by molar-refractivity contribution is 7.89. The maximum absolute atomic E-state index is 13.9. The number of aliphatic imine (C=N–C) groups is 1. The van der Waals surface area contributed by atoms with Gasteiger partial charge in [-0.1, -0.05) is 36.4 Å². The van der Waals surface area contributed by atoms with Crippen molar-refractivity contribution in [3.8, 4) is 0 Å². The Morgan fingerprint density at radius 1 is 1.02 bits per heavy atom. The lowest BCUT2D eigenvalue weighted by Gasteiger charge is -2.26. The first kappa shape index (κ1) is 34.2. The third-order valence-electron chi connectivity index (χ3n) is 7.83. The molecular weight excluding hydrogens is 610 g/mol. The molecule has 1 saturated heterocycles. The van der Waals surface area contributed by atoms with Gasteiger partial charge in [0.2, 0.25) is 21.8 Å². The average Bonchev–Trinajstić information content (AvgIpc) is 3.52. The second-order valence-electron chi connectivity index (χ2n) is 11.4. The summed E-state index contributed by atoms with van der Waals surface area (Å²) in [5, 5.41) is 16.6. The fraction of sp³-hybridized carbons (Fsp3) is 0.375. The molecule has 0 aromatic heterocycles. The first-order chi connectivity index (χ1) is 21.9.